The predicted octanol–water partition coefficient (Wildman–Crippen LogP) is 3.09. The number of nitrogens with zero attached hydrogens (tertiary/aromatic N) is 1. The van der Waals surface area contributed by atoms with Gasteiger partial charge >= 0.3 is 11.8 Å². The van der Waals surface area contributed by atoms with E-state index in [-0.39, 0.29) is 11.7 Å². The molecule has 24 heavy (non-hydrogen) atoms. The molecule has 0 radical (unpaired) electrons. The molecule has 5 heteroatoms. The zero-order valence-corrected chi connectivity index (χ0v) is 13.5. The van der Waals surface area contributed by atoms with Crippen LogP contribution in [0.5, 0.6) is 0 Å². The largest absolute Gasteiger partial charge is 0.334 e. The number of rotatable bonds is 2. The smallest absolute Gasteiger partial charge is 0.313 e. The Labute approximate surface area is 140 Å². The number of hydrogen-bond donors (Lipinski definition) is 1. The quantitative estimate of drug-likeness (QED) is 0.862. The van der Waals surface area contributed by atoms with Crippen LogP contribution in [0.3, 0.4) is 0 Å². The molecular formula is C19H19FN2O2. The van der Waals surface area contributed by atoms with E-state index in [1.54, 1.807) is 18.2 Å². The van der Waals surface area contributed by atoms with Crippen LogP contribution in [0.25, 0.3) is 0 Å². The van der Waals surface area contributed by atoms with E-state index in [1.807, 2.05) is 25.1 Å². The lowest BCUT2D eigenvalue weighted by molar-refractivity contribution is -0.142. The van der Waals surface area contributed by atoms with Crippen LogP contribution in [-0.4, -0.2) is 29.8 Å². The molecule has 124 valence electrons. The summed E-state index contributed by atoms with van der Waals surface area (Å²) < 4.78 is 13.3. The summed E-state index contributed by atoms with van der Waals surface area (Å²) in [7, 11) is 0. The number of anilines is 1. The van der Waals surface area contributed by atoms with Crippen LogP contribution in [0, 0.1) is 12.7 Å². The van der Waals surface area contributed by atoms with Gasteiger partial charge in [0, 0.05) is 24.7 Å². The second-order valence-electron chi connectivity index (χ2n) is 6.11. The lowest BCUT2D eigenvalue weighted by atomic mass is 9.98. The predicted molar refractivity (Wildman–Crippen MR) is 90.1 cm³/mol. The van der Waals surface area contributed by atoms with Crippen molar-refractivity contribution in [2.75, 3.05) is 18.4 Å². The summed E-state index contributed by atoms with van der Waals surface area (Å²) in [6.45, 7) is 2.89. The normalized spacial score (nSPS) is 16.9. The number of aryl methyl sites for hydroxylation is 1. The maximum atomic E-state index is 13.3. The Morgan fingerprint density at radius 2 is 1.92 bits per heavy atom. The fourth-order valence-corrected chi connectivity index (χ4v) is 2.94. The Bertz CT molecular complexity index is 758. The monoisotopic (exact) mass is 326 g/mol. The van der Waals surface area contributed by atoms with Gasteiger partial charge in [-0.2, -0.15) is 0 Å². The average Bonchev–Trinajstić information content (AvgIpc) is 3.06. The summed E-state index contributed by atoms with van der Waals surface area (Å²) in [5, 5.41) is 2.62. The van der Waals surface area contributed by atoms with Gasteiger partial charge in [0.15, 0.2) is 0 Å². The van der Waals surface area contributed by atoms with Crippen LogP contribution in [0.15, 0.2) is 48.5 Å². The summed E-state index contributed by atoms with van der Waals surface area (Å²) in [4.78, 5) is 25.9. The van der Waals surface area contributed by atoms with Crippen molar-refractivity contribution in [1.82, 2.24) is 4.90 Å². The molecule has 1 heterocycles. The molecule has 1 unspecified atom stereocenters. The molecule has 1 atom stereocenters. The Kier molecular flexibility index (Phi) is 4.60. The van der Waals surface area contributed by atoms with Gasteiger partial charge in [-0.05, 0) is 43.2 Å². The maximum Gasteiger partial charge on any atom is 0.313 e. The van der Waals surface area contributed by atoms with Crippen LogP contribution in [0.1, 0.15) is 23.5 Å². The van der Waals surface area contributed by atoms with Crippen LogP contribution < -0.4 is 5.32 Å². The van der Waals surface area contributed by atoms with Gasteiger partial charge in [0.05, 0.1) is 0 Å². The number of carbonyl (C=O) groups is 2. The van der Waals surface area contributed by atoms with Gasteiger partial charge in [-0.25, -0.2) is 4.39 Å². The van der Waals surface area contributed by atoms with Gasteiger partial charge in [-0.1, -0.05) is 29.8 Å². The number of benzene rings is 2. The Morgan fingerprint density at radius 1 is 1.17 bits per heavy atom. The Morgan fingerprint density at radius 3 is 2.62 bits per heavy atom. The summed E-state index contributed by atoms with van der Waals surface area (Å²) in [5.41, 5.74) is 2.54. The van der Waals surface area contributed by atoms with Crippen molar-refractivity contribution in [3.63, 3.8) is 0 Å². The van der Waals surface area contributed by atoms with E-state index in [2.05, 4.69) is 5.32 Å². The molecule has 0 bridgehead atoms. The molecule has 3 rings (SSSR count). The molecular weight excluding hydrogens is 307 g/mol. The highest BCUT2D eigenvalue weighted by Crippen LogP contribution is 2.27. The SMILES string of the molecule is Cc1ccc(NC(=O)C(=O)N2CCC(c3cccc(F)c3)C2)cc1. The van der Waals surface area contributed by atoms with Crippen molar-refractivity contribution >= 4 is 17.5 Å². The van der Waals surface area contributed by atoms with Crippen LogP contribution in [-0.2, 0) is 9.59 Å². The number of hydrogen-bond acceptors (Lipinski definition) is 2. The fourth-order valence-electron chi connectivity index (χ4n) is 2.94. The Balaban J connectivity index is 1.61. The standard InChI is InChI=1S/C19H19FN2O2/c1-13-5-7-17(8-6-13)21-18(23)19(24)22-10-9-15(12-22)14-3-2-4-16(20)11-14/h2-8,11,15H,9-10,12H2,1H3,(H,21,23). The first-order chi connectivity index (χ1) is 11.5. The molecule has 1 aliphatic rings. The van der Waals surface area contributed by atoms with Gasteiger partial charge in [0.2, 0.25) is 0 Å². The minimum atomic E-state index is -0.640. The van der Waals surface area contributed by atoms with Crippen molar-refractivity contribution in [3.8, 4) is 0 Å². The second kappa shape index (κ2) is 6.83. The van der Waals surface area contributed by atoms with Crippen molar-refractivity contribution in [3.05, 3.63) is 65.5 Å². The van der Waals surface area contributed by atoms with Crippen molar-refractivity contribution in [1.29, 1.82) is 0 Å². The zero-order valence-electron chi connectivity index (χ0n) is 13.5. The summed E-state index contributed by atoms with van der Waals surface area (Å²) in [6, 6.07) is 13.7. The second-order valence-corrected chi connectivity index (χ2v) is 6.11. The molecule has 2 aromatic rings. The van der Waals surface area contributed by atoms with Crippen LogP contribution in [0.2, 0.25) is 0 Å². The maximum absolute atomic E-state index is 13.3. The average molecular weight is 326 g/mol. The van der Waals surface area contributed by atoms with Crippen molar-refractivity contribution in [2.24, 2.45) is 0 Å². The molecule has 0 spiro atoms. The van der Waals surface area contributed by atoms with Gasteiger partial charge in [-0.3, -0.25) is 9.59 Å². The van der Waals surface area contributed by atoms with E-state index in [9.17, 15) is 14.0 Å². The third-order valence-corrected chi connectivity index (χ3v) is 4.30. The minimum Gasteiger partial charge on any atom is -0.334 e. The van der Waals surface area contributed by atoms with E-state index >= 15 is 0 Å². The molecule has 0 aromatic heterocycles. The molecule has 0 aliphatic carbocycles. The zero-order chi connectivity index (χ0) is 17.1. The van der Waals surface area contributed by atoms with Gasteiger partial charge in [-0.15, -0.1) is 0 Å². The van der Waals surface area contributed by atoms with E-state index < -0.39 is 11.8 Å². The van der Waals surface area contributed by atoms with Crippen LogP contribution in [0.4, 0.5) is 10.1 Å². The highest BCUT2D eigenvalue weighted by molar-refractivity contribution is 6.39. The fraction of sp³-hybridized carbons (Fsp3) is 0.263. The number of nitrogens with one attached hydrogen (secondary N) is 1. The molecule has 1 N–H and O–H groups in total. The molecule has 4 nitrogen and oxygen atoms in total. The van der Waals surface area contributed by atoms with Crippen molar-refractivity contribution < 1.29 is 14.0 Å². The highest BCUT2D eigenvalue weighted by Gasteiger charge is 2.30. The topological polar surface area (TPSA) is 49.4 Å². The van der Waals surface area contributed by atoms with E-state index in [1.165, 1.54) is 17.0 Å². The first kappa shape index (κ1) is 16.2. The lowest BCUT2D eigenvalue weighted by Gasteiger charge is -2.16. The number of carbonyl (C=O) groups excluding carboxylic acids is 2. The first-order valence-corrected chi connectivity index (χ1v) is 7.95. The number of halogens is 1. The molecule has 1 saturated heterocycles. The molecule has 2 aromatic carbocycles. The summed E-state index contributed by atoms with van der Waals surface area (Å²) in [6.07, 6.45) is 0.729. The number of amides is 2. The van der Waals surface area contributed by atoms with Gasteiger partial charge in [0.25, 0.3) is 0 Å². The molecule has 1 fully saturated rings. The first-order valence-electron chi connectivity index (χ1n) is 7.95. The summed E-state index contributed by atoms with van der Waals surface area (Å²) >= 11 is 0. The number of likely N-dealkylation sites (tertiary alicyclic amines) is 1. The van der Waals surface area contributed by atoms with Gasteiger partial charge < -0.3 is 10.2 Å². The molecule has 2 amide bonds. The third kappa shape index (κ3) is 3.62. The van der Waals surface area contributed by atoms with Gasteiger partial charge in [0.1, 0.15) is 5.82 Å². The van der Waals surface area contributed by atoms with E-state index in [0.717, 1.165) is 17.5 Å². The third-order valence-electron chi connectivity index (χ3n) is 4.30. The summed E-state index contributed by atoms with van der Waals surface area (Å²) in [5.74, 6) is -1.40. The van der Waals surface area contributed by atoms with Crippen molar-refractivity contribution in [2.45, 2.75) is 19.3 Å². The highest BCUT2D eigenvalue weighted by atomic mass is 19.1. The van der Waals surface area contributed by atoms with Crippen LogP contribution >= 0.6 is 0 Å². The Hall–Kier alpha value is -2.69. The molecule has 0 saturated carbocycles. The molecule has 1 aliphatic heterocycles. The minimum absolute atomic E-state index is 0.0665. The van der Waals surface area contributed by atoms with E-state index in [4.69, 9.17) is 0 Å². The lowest BCUT2D eigenvalue weighted by Crippen LogP contribution is -2.38. The van der Waals surface area contributed by atoms with E-state index in [0.29, 0.717) is 18.8 Å².